The van der Waals surface area contributed by atoms with Crippen LogP contribution in [0, 0.1) is 6.92 Å². The van der Waals surface area contributed by atoms with Crippen molar-refractivity contribution in [1.29, 1.82) is 0 Å². The van der Waals surface area contributed by atoms with Crippen LogP contribution in [0.4, 0.5) is 5.82 Å². The summed E-state index contributed by atoms with van der Waals surface area (Å²) in [5, 5.41) is 5.40. The molecular formula is C18H19N5O3. The lowest BCUT2D eigenvalue weighted by Gasteiger charge is -2.06. The second kappa shape index (κ2) is 7.64. The van der Waals surface area contributed by atoms with Crippen LogP contribution in [0.3, 0.4) is 0 Å². The van der Waals surface area contributed by atoms with Gasteiger partial charge in [0.2, 0.25) is 11.8 Å². The predicted molar refractivity (Wildman–Crippen MR) is 97.6 cm³/mol. The van der Waals surface area contributed by atoms with Crippen LogP contribution >= 0.6 is 0 Å². The second-order valence-electron chi connectivity index (χ2n) is 5.98. The molecule has 0 aliphatic heterocycles. The summed E-state index contributed by atoms with van der Waals surface area (Å²) in [5.74, 6) is -0.197. The van der Waals surface area contributed by atoms with E-state index >= 15 is 0 Å². The smallest absolute Gasteiger partial charge is 0.325 e. The molecule has 0 aliphatic rings. The maximum atomic E-state index is 12.0. The molecule has 0 spiro atoms. The van der Waals surface area contributed by atoms with Gasteiger partial charge in [-0.2, -0.15) is 0 Å². The Bertz CT molecular complexity index is 988. The van der Waals surface area contributed by atoms with Gasteiger partial charge in [0.05, 0.1) is 5.52 Å². The molecular weight excluding hydrogens is 334 g/mol. The van der Waals surface area contributed by atoms with Crippen LogP contribution in [0.25, 0.3) is 11.2 Å². The largest absolute Gasteiger partial charge is 0.352 e. The number of amides is 2. The molecule has 0 saturated heterocycles. The van der Waals surface area contributed by atoms with Crippen molar-refractivity contribution < 1.29 is 9.59 Å². The second-order valence-corrected chi connectivity index (χ2v) is 5.98. The first-order chi connectivity index (χ1) is 12.5. The fourth-order valence-electron chi connectivity index (χ4n) is 2.41. The van der Waals surface area contributed by atoms with E-state index in [9.17, 15) is 14.4 Å². The number of aromatic nitrogens is 3. The number of carbonyl (C=O) groups excluding carboxylic acids is 2. The van der Waals surface area contributed by atoms with Gasteiger partial charge in [0.15, 0.2) is 5.65 Å². The molecule has 3 rings (SSSR count). The molecule has 2 aromatic heterocycles. The Hall–Kier alpha value is -3.42. The van der Waals surface area contributed by atoms with Crippen LogP contribution in [0.5, 0.6) is 0 Å². The molecule has 2 heterocycles. The number of nitrogens with one attached hydrogen (secondary N) is 4. The number of hydrogen-bond donors (Lipinski definition) is 4. The number of nitrogens with zero attached hydrogens (tertiary/aromatic N) is 1. The third-order valence-corrected chi connectivity index (χ3v) is 3.83. The Morgan fingerprint density at radius 3 is 2.50 bits per heavy atom. The summed E-state index contributed by atoms with van der Waals surface area (Å²) < 4.78 is 0. The number of rotatable bonds is 6. The molecule has 0 unspecified atom stereocenters. The van der Waals surface area contributed by atoms with Crippen LogP contribution in [0.15, 0.2) is 41.2 Å². The first-order valence-corrected chi connectivity index (χ1v) is 8.21. The minimum Gasteiger partial charge on any atom is -0.352 e. The lowest BCUT2D eigenvalue weighted by atomic mass is 10.1. The SMILES string of the molecule is Cc1ccc(CNC(=O)CCC(=O)Nc2ccc3[nH]c(=O)[nH]c3n2)cc1. The first-order valence-electron chi connectivity index (χ1n) is 8.21. The molecule has 0 aliphatic carbocycles. The molecule has 0 radical (unpaired) electrons. The van der Waals surface area contributed by atoms with E-state index in [0.717, 1.165) is 11.1 Å². The van der Waals surface area contributed by atoms with Gasteiger partial charge >= 0.3 is 5.69 Å². The van der Waals surface area contributed by atoms with E-state index in [1.807, 2.05) is 31.2 Å². The van der Waals surface area contributed by atoms with Crippen molar-refractivity contribution in [3.8, 4) is 0 Å². The summed E-state index contributed by atoms with van der Waals surface area (Å²) >= 11 is 0. The van der Waals surface area contributed by atoms with Gasteiger partial charge in [-0.15, -0.1) is 0 Å². The van der Waals surface area contributed by atoms with Gasteiger partial charge in [0.1, 0.15) is 5.82 Å². The average molecular weight is 353 g/mol. The first kappa shape index (κ1) is 17.4. The number of pyridine rings is 1. The standard InChI is InChI=1S/C18H19N5O3/c1-11-2-4-12(5-3-11)10-19-15(24)8-9-16(25)21-14-7-6-13-17(22-14)23-18(26)20-13/h2-7H,8-10H2,1H3,(H,19,24)(H3,20,21,22,23,25,26). The molecule has 3 aromatic rings. The van der Waals surface area contributed by atoms with Crippen LogP contribution in [-0.4, -0.2) is 26.8 Å². The van der Waals surface area contributed by atoms with E-state index in [2.05, 4.69) is 25.6 Å². The quantitative estimate of drug-likeness (QED) is 0.538. The normalized spacial score (nSPS) is 10.7. The molecule has 8 heteroatoms. The zero-order valence-corrected chi connectivity index (χ0v) is 14.3. The molecule has 26 heavy (non-hydrogen) atoms. The number of aryl methyl sites for hydroxylation is 1. The van der Waals surface area contributed by atoms with Crippen molar-refractivity contribution in [3.05, 3.63) is 58.0 Å². The van der Waals surface area contributed by atoms with Crippen molar-refractivity contribution in [1.82, 2.24) is 20.3 Å². The topological polar surface area (TPSA) is 120 Å². The molecule has 8 nitrogen and oxygen atoms in total. The van der Waals surface area contributed by atoms with Crippen molar-refractivity contribution in [2.24, 2.45) is 0 Å². The van der Waals surface area contributed by atoms with Crippen molar-refractivity contribution in [3.63, 3.8) is 0 Å². The summed E-state index contributed by atoms with van der Waals surface area (Å²) in [6.45, 7) is 2.43. The Morgan fingerprint density at radius 2 is 1.73 bits per heavy atom. The number of carbonyl (C=O) groups is 2. The molecule has 1 aromatic carbocycles. The number of fused-ring (bicyclic) bond motifs is 1. The van der Waals surface area contributed by atoms with Crippen molar-refractivity contribution >= 4 is 28.8 Å². The van der Waals surface area contributed by atoms with Gasteiger partial charge < -0.3 is 15.6 Å². The van der Waals surface area contributed by atoms with E-state index < -0.39 is 0 Å². The molecule has 0 bridgehead atoms. The zero-order chi connectivity index (χ0) is 18.5. The third-order valence-electron chi connectivity index (χ3n) is 3.83. The summed E-state index contributed by atoms with van der Waals surface area (Å²) in [4.78, 5) is 44.2. The molecule has 0 atom stereocenters. The number of H-pyrrole nitrogens is 2. The maximum absolute atomic E-state index is 12.0. The Balaban J connectivity index is 1.45. The number of aromatic amines is 2. The minimum absolute atomic E-state index is 0.0447. The molecule has 4 N–H and O–H groups in total. The Kier molecular flexibility index (Phi) is 5.12. The van der Waals surface area contributed by atoms with Gasteiger partial charge in [-0.25, -0.2) is 9.78 Å². The highest BCUT2D eigenvalue weighted by Crippen LogP contribution is 2.10. The number of anilines is 1. The van der Waals surface area contributed by atoms with Gasteiger partial charge in [-0.1, -0.05) is 29.8 Å². The lowest BCUT2D eigenvalue weighted by molar-refractivity contribution is -0.124. The third kappa shape index (κ3) is 4.56. The van der Waals surface area contributed by atoms with Gasteiger partial charge in [-0.3, -0.25) is 14.6 Å². The summed E-state index contributed by atoms with van der Waals surface area (Å²) in [7, 11) is 0. The van der Waals surface area contributed by atoms with Crippen molar-refractivity contribution in [2.75, 3.05) is 5.32 Å². The zero-order valence-electron chi connectivity index (χ0n) is 14.3. The van der Waals surface area contributed by atoms with E-state index in [1.165, 1.54) is 0 Å². The molecule has 0 saturated carbocycles. The molecule has 0 fully saturated rings. The summed E-state index contributed by atoms with van der Waals surface area (Å²) in [6, 6.07) is 11.1. The highest BCUT2D eigenvalue weighted by Gasteiger charge is 2.09. The lowest BCUT2D eigenvalue weighted by Crippen LogP contribution is -2.24. The number of imidazole rings is 1. The molecule has 134 valence electrons. The number of benzene rings is 1. The summed E-state index contributed by atoms with van der Waals surface area (Å²) in [6.07, 6.45) is 0.129. The average Bonchev–Trinajstić information content (AvgIpc) is 2.99. The van der Waals surface area contributed by atoms with Gasteiger partial charge in [0, 0.05) is 19.4 Å². The fraction of sp³-hybridized carbons (Fsp3) is 0.222. The van der Waals surface area contributed by atoms with Crippen LogP contribution < -0.4 is 16.3 Å². The Morgan fingerprint density at radius 1 is 1.00 bits per heavy atom. The van der Waals surface area contributed by atoms with Gasteiger partial charge in [0.25, 0.3) is 0 Å². The highest BCUT2D eigenvalue weighted by atomic mass is 16.2. The number of hydrogen-bond acceptors (Lipinski definition) is 4. The summed E-state index contributed by atoms with van der Waals surface area (Å²) in [5.41, 5.74) is 2.73. The van der Waals surface area contributed by atoms with Crippen LogP contribution in [0.1, 0.15) is 24.0 Å². The van der Waals surface area contributed by atoms with E-state index in [1.54, 1.807) is 12.1 Å². The van der Waals surface area contributed by atoms with E-state index in [-0.39, 0.29) is 30.3 Å². The predicted octanol–water partition coefficient (Wildman–Crippen LogP) is 1.59. The van der Waals surface area contributed by atoms with E-state index in [0.29, 0.717) is 23.5 Å². The monoisotopic (exact) mass is 353 g/mol. The highest BCUT2D eigenvalue weighted by molar-refractivity contribution is 5.93. The van der Waals surface area contributed by atoms with E-state index in [4.69, 9.17) is 0 Å². The molecule has 2 amide bonds. The van der Waals surface area contributed by atoms with Crippen LogP contribution in [0.2, 0.25) is 0 Å². The minimum atomic E-state index is -0.360. The van der Waals surface area contributed by atoms with Gasteiger partial charge in [-0.05, 0) is 24.6 Å². The Labute approximate surface area is 149 Å². The fourth-order valence-corrected chi connectivity index (χ4v) is 2.41. The van der Waals surface area contributed by atoms with Crippen molar-refractivity contribution in [2.45, 2.75) is 26.3 Å². The maximum Gasteiger partial charge on any atom is 0.325 e. The van der Waals surface area contributed by atoms with Crippen LogP contribution in [-0.2, 0) is 16.1 Å².